The molecule has 0 saturated carbocycles. The Labute approximate surface area is 141 Å². The standard InChI is InChI=1S/C8H6N2OS.3C2H4O2/c9-8(11)6-4-10-3-5-1-2-12-7(5)6;3*1-2(3)4/h1-4H,(H2,9,11);3*1H3,(H,3,4). The summed E-state index contributed by atoms with van der Waals surface area (Å²) in [6, 6.07) is 1.92. The molecule has 10 heteroatoms. The van der Waals surface area contributed by atoms with E-state index in [1.807, 2.05) is 11.4 Å². The summed E-state index contributed by atoms with van der Waals surface area (Å²) in [5.41, 5.74) is 5.67. The average molecular weight is 358 g/mol. The Balaban J connectivity index is 0. The van der Waals surface area contributed by atoms with Crippen molar-refractivity contribution >= 4 is 45.2 Å². The Bertz CT molecular complexity index is 657. The third kappa shape index (κ3) is 13.9. The molecule has 5 N–H and O–H groups in total. The molecule has 9 nitrogen and oxygen atoms in total. The number of primary amides is 1. The third-order valence-electron chi connectivity index (χ3n) is 1.62. The van der Waals surface area contributed by atoms with Gasteiger partial charge in [0.25, 0.3) is 23.8 Å². The fourth-order valence-corrected chi connectivity index (χ4v) is 1.95. The first-order valence-electron chi connectivity index (χ1n) is 6.18. The van der Waals surface area contributed by atoms with Crippen LogP contribution < -0.4 is 5.73 Å². The number of pyridine rings is 1. The van der Waals surface area contributed by atoms with Gasteiger partial charge in [0.1, 0.15) is 0 Å². The second-order valence-corrected chi connectivity index (χ2v) is 4.86. The first-order chi connectivity index (χ1) is 11.0. The Hall–Kier alpha value is -3.01. The molecule has 0 unspecified atom stereocenters. The molecular weight excluding hydrogens is 340 g/mol. The lowest BCUT2D eigenvalue weighted by molar-refractivity contribution is -0.135. The smallest absolute Gasteiger partial charge is 0.300 e. The minimum atomic E-state index is -0.833. The fourth-order valence-electron chi connectivity index (χ4n) is 1.07. The molecule has 0 aliphatic carbocycles. The maximum atomic E-state index is 10.9. The molecule has 0 aliphatic rings. The molecule has 0 bridgehead atoms. The van der Waals surface area contributed by atoms with Crippen molar-refractivity contribution in [2.24, 2.45) is 5.73 Å². The fraction of sp³-hybridized carbons (Fsp3) is 0.214. The second kappa shape index (κ2) is 12.5. The highest BCUT2D eigenvalue weighted by Gasteiger charge is 2.06. The van der Waals surface area contributed by atoms with E-state index in [-0.39, 0.29) is 0 Å². The molecule has 2 aromatic rings. The predicted octanol–water partition coefficient (Wildman–Crippen LogP) is 1.67. The van der Waals surface area contributed by atoms with Crippen LogP contribution in [-0.4, -0.2) is 44.1 Å². The van der Waals surface area contributed by atoms with Gasteiger partial charge in [0.05, 0.1) is 10.3 Å². The number of carbonyl (C=O) groups excluding carboxylic acids is 1. The number of hydrogen-bond donors (Lipinski definition) is 4. The Kier molecular flexibility index (Phi) is 12.1. The number of nitrogens with zero attached hydrogens (tertiary/aromatic N) is 1. The van der Waals surface area contributed by atoms with E-state index < -0.39 is 23.8 Å². The summed E-state index contributed by atoms with van der Waals surface area (Å²) in [4.78, 5) is 41.8. The lowest BCUT2D eigenvalue weighted by atomic mass is 10.2. The molecule has 1 amide bonds. The van der Waals surface area contributed by atoms with Crippen LogP contribution in [0.3, 0.4) is 0 Å². The van der Waals surface area contributed by atoms with E-state index in [4.69, 9.17) is 35.4 Å². The lowest BCUT2D eigenvalue weighted by Gasteiger charge is -1.94. The number of aliphatic carboxylic acids is 3. The van der Waals surface area contributed by atoms with E-state index in [2.05, 4.69) is 4.98 Å². The van der Waals surface area contributed by atoms with Gasteiger partial charge in [0.15, 0.2) is 0 Å². The summed E-state index contributed by atoms with van der Waals surface area (Å²) < 4.78 is 0.914. The predicted molar refractivity (Wildman–Crippen MR) is 88.1 cm³/mol. The van der Waals surface area contributed by atoms with Crippen molar-refractivity contribution in [3.05, 3.63) is 29.4 Å². The van der Waals surface area contributed by atoms with Crippen LogP contribution in [0.5, 0.6) is 0 Å². The number of carboxylic acid groups (broad SMARTS) is 3. The summed E-state index contributed by atoms with van der Waals surface area (Å²) >= 11 is 1.50. The lowest BCUT2D eigenvalue weighted by Crippen LogP contribution is -2.11. The molecule has 2 heterocycles. The monoisotopic (exact) mass is 358 g/mol. The van der Waals surface area contributed by atoms with E-state index in [1.165, 1.54) is 17.5 Å². The van der Waals surface area contributed by atoms with Crippen molar-refractivity contribution in [1.29, 1.82) is 0 Å². The number of carboxylic acids is 3. The third-order valence-corrected chi connectivity index (χ3v) is 2.59. The first kappa shape index (κ1) is 23.3. The summed E-state index contributed by atoms with van der Waals surface area (Å²) in [5, 5.41) is 25.1. The quantitative estimate of drug-likeness (QED) is 0.596. The number of amides is 1. The van der Waals surface area contributed by atoms with Gasteiger partial charge in [-0.25, -0.2) is 0 Å². The maximum Gasteiger partial charge on any atom is 0.300 e. The second-order valence-electron chi connectivity index (χ2n) is 3.95. The number of rotatable bonds is 1. The van der Waals surface area contributed by atoms with Gasteiger partial charge in [0.2, 0.25) is 0 Å². The molecule has 2 aromatic heterocycles. The van der Waals surface area contributed by atoms with Gasteiger partial charge in [-0.15, -0.1) is 11.3 Å². The van der Waals surface area contributed by atoms with Crippen molar-refractivity contribution in [1.82, 2.24) is 4.98 Å². The number of fused-ring (bicyclic) bond motifs is 1. The van der Waals surface area contributed by atoms with Crippen LogP contribution in [0.2, 0.25) is 0 Å². The van der Waals surface area contributed by atoms with E-state index in [0.29, 0.717) is 5.56 Å². The van der Waals surface area contributed by atoms with Crippen molar-refractivity contribution < 1.29 is 34.5 Å². The SMILES string of the molecule is CC(=O)O.CC(=O)O.CC(=O)O.NC(=O)c1cncc2ccsc12. The molecule has 24 heavy (non-hydrogen) atoms. The minimum absolute atomic E-state index is 0.421. The van der Waals surface area contributed by atoms with E-state index in [1.54, 1.807) is 6.20 Å². The molecular formula is C14H18N2O7S. The summed E-state index contributed by atoms with van der Waals surface area (Å²) in [7, 11) is 0. The zero-order chi connectivity index (χ0) is 19.3. The number of nitrogens with two attached hydrogens (primary N) is 1. The molecule has 132 valence electrons. The van der Waals surface area contributed by atoms with Crippen LogP contribution >= 0.6 is 11.3 Å². The van der Waals surface area contributed by atoms with Crippen molar-refractivity contribution in [3.8, 4) is 0 Å². The summed E-state index contributed by atoms with van der Waals surface area (Å²) in [5.74, 6) is -2.92. The van der Waals surface area contributed by atoms with Crippen LogP contribution in [0.4, 0.5) is 0 Å². The molecule has 0 spiro atoms. The van der Waals surface area contributed by atoms with Gasteiger partial charge in [-0.05, 0) is 11.4 Å². The van der Waals surface area contributed by atoms with Gasteiger partial charge in [0, 0.05) is 38.6 Å². The topological polar surface area (TPSA) is 168 Å². The first-order valence-corrected chi connectivity index (χ1v) is 7.06. The van der Waals surface area contributed by atoms with Crippen molar-refractivity contribution in [2.45, 2.75) is 20.8 Å². The number of carbonyl (C=O) groups is 4. The molecule has 0 aromatic carbocycles. The van der Waals surface area contributed by atoms with Crippen LogP contribution in [-0.2, 0) is 14.4 Å². The maximum absolute atomic E-state index is 10.9. The molecule has 0 saturated heterocycles. The summed E-state index contributed by atoms with van der Waals surface area (Å²) in [6.07, 6.45) is 3.22. The Morgan fingerprint density at radius 2 is 1.38 bits per heavy atom. The number of thiophene rings is 1. The molecule has 0 radical (unpaired) electrons. The van der Waals surface area contributed by atoms with E-state index in [9.17, 15) is 4.79 Å². The van der Waals surface area contributed by atoms with Gasteiger partial charge in [-0.3, -0.25) is 24.2 Å². The van der Waals surface area contributed by atoms with Gasteiger partial charge in [-0.1, -0.05) is 0 Å². The largest absolute Gasteiger partial charge is 0.481 e. The Morgan fingerprint density at radius 3 is 1.75 bits per heavy atom. The van der Waals surface area contributed by atoms with Gasteiger partial charge in [-0.2, -0.15) is 0 Å². The zero-order valence-electron chi connectivity index (χ0n) is 13.2. The van der Waals surface area contributed by atoms with Crippen LogP contribution in [0.15, 0.2) is 23.8 Å². The normalized spacial score (nSPS) is 8.29. The van der Waals surface area contributed by atoms with Crippen molar-refractivity contribution in [2.75, 3.05) is 0 Å². The molecule has 0 atom stereocenters. The van der Waals surface area contributed by atoms with Crippen LogP contribution in [0.25, 0.3) is 10.1 Å². The highest BCUT2D eigenvalue weighted by atomic mass is 32.1. The van der Waals surface area contributed by atoms with Crippen LogP contribution in [0.1, 0.15) is 31.1 Å². The molecule has 2 rings (SSSR count). The average Bonchev–Trinajstić information content (AvgIpc) is 2.84. The van der Waals surface area contributed by atoms with Crippen molar-refractivity contribution in [3.63, 3.8) is 0 Å². The molecule has 0 aliphatic heterocycles. The number of aromatic nitrogens is 1. The summed E-state index contributed by atoms with van der Waals surface area (Å²) in [6.45, 7) is 3.25. The highest BCUT2D eigenvalue weighted by Crippen LogP contribution is 2.22. The minimum Gasteiger partial charge on any atom is -0.481 e. The number of hydrogen-bond acceptors (Lipinski definition) is 6. The van der Waals surface area contributed by atoms with E-state index in [0.717, 1.165) is 30.9 Å². The van der Waals surface area contributed by atoms with Crippen LogP contribution in [0, 0.1) is 0 Å². The zero-order valence-corrected chi connectivity index (χ0v) is 14.0. The molecule has 0 fully saturated rings. The Morgan fingerprint density at radius 1 is 0.958 bits per heavy atom. The van der Waals surface area contributed by atoms with Gasteiger partial charge >= 0.3 is 0 Å². The van der Waals surface area contributed by atoms with Gasteiger partial charge < -0.3 is 21.1 Å². The van der Waals surface area contributed by atoms with E-state index >= 15 is 0 Å². The highest BCUT2D eigenvalue weighted by molar-refractivity contribution is 7.17.